The maximum absolute atomic E-state index is 5.25. The van der Waals surface area contributed by atoms with Crippen molar-refractivity contribution in [1.82, 2.24) is 10.3 Å². The monoisotopic (exact) mass is 301 g/mol. The minimum Gasteiger partial charge on any atom is -0.378 e. The van der Waals surface area contributed by atoms with Crippen LogP contribution in [0.3, 0.4) is 0 Å². The molecule has 4 nitrogen and oxygen atoms in total. The average Bonchev–Trinajstić information content (AvgIpc) is 2.72. The van der Waals surface area contributed by atoms with E-state index in [9.17, 15) is 0 Å². The first-order chi connectivity index (χ1) is 9.05. The van der Waals surface area contributed by atoms with Gasteiger partial charge in [-0.1, -0.05) is 0 Å². The standard InChI is InChI=1S/C13H23N3OS2/c1-13(2)9-16(5-6-18-13)12-15-10(8-17-4)11(19-12)7-14-3/h14H,5-9H2,1-4H3. The summed E-state index contributed by atoms with van der Waals surface area (Å²) in [6.45, 7) is 8.23. The highest BCUT2D eigenvalue weighted by molar-refractivity contribution is 8.00. The molecule has 0 atom stereocenters. The number of ether oxygens (including phenoxy) is 1. The molecule has 0 bridgehead atoms. The summed E-state index contributed by atoms with van der Waals surface area (Å²) < 4.78 is 5.56. The Kier molecular flexibility index (Phi) is 5.11. The van der Waals surface area contributed by atoms with Crippen LogP contribution < -0.4 is 10.2 Å². The fourth-order valence-corrected chi connectivity index (χ4v) is 4.44. The number of nitrogens with one attached hydrogen (secondary N) is 1. The van der Waals surface area contributed by atoms with Crippen LogP contribution in [0.4, 0.5) is 5.13 Å². The molecule has 1 aromatic rings. The van der Waals surface area contributed by atoms with Gasteiger partial charge in [0.1, 0.15) is 0 Å². The summed E-state index contributed by atoms with van der Waals surface area (Å²) in [5.74, 6) is 1.17. The maximum Gasteiger partial charge on any atom is 0.185 e. The van der Waals surface area contributed by atoms with Crippen molar-refractivity contribution in [2.75, 3.05) is 37.9 Å². The third-order valence-electron chi connectivity index (χ3n) is 3.08. The SMILES string of the molecule is CNCc1sc(N2CCSC(C)(C)C2)nc1COC. The lowest BCUT2D eigenvalue weighted by atomic mass is 10.2. The smallest absolute Gasteiger partial charge is 0.185 e. The van der Waals surface area contributed by atoms with E-state index in [0.717, 1.165) is 30.5 Å². The largest absolute Gasteiger partial charge is 0.378 e. The van der Waals surface area contributed by atoms with Crippen LogP contribution in [-0.4, -0.2) is 42.7 Å². The fourth-order valence-electron chi connectivity index (χ4n) is 2.23. The molecule has 0 aromatic carbocycles. The third kappa shape index (κ3) is 3.84. The Morgan fingerprint density at radius 1 is 1.47 bits per heavy atom. The van der Waals surface area contributed by atoms with Crippen molar-refractivity contribution in [1.29, 1.82) is 0 Å². The van der Waals surface area contributed by atoms with Crippen LogP contribution in [0.1, 0.15) is 24.4 Å². The van der Waals surface area contributed by atoms with Gasteiger partial charge in [0.25, 0.3) is 0 Å². The average molecular weight is 301 g/mol. The normalized spacial score (nSPS) is 18.8. The summed E-state index contributed by atoms with van der Waals surface area (Å²) in [5, 5.41) is 4.35. The first kappa shape index (κ1) is 15.1. The Hall–Kier alpha value is -0.300. The number of thioether (sulfide) groups is 1. The number of nitrogens with zero attached hydrogens (tertiary/aromatic N) is 2. The first-order valence-electron chi connectivity index (χ1n) is 6.57. The zero-order valence-corrected chi connectivity index (χ0v) is 13.8. The Bertz CT molecular complexity index is 397. The highest BCUT2D eigenvalue weighted by Crippen LogP contribution is 2.35. The Morgan fingerprint density at radius 3 is 2.89 bits per heavy atom. The van der Waals surface area contributed by atoms with Gasteiger partial charge >= 0.3 is 0 Å². The molecule has 0 saturated carbocycles. The van der Waals surface area contributed by atoms with Gasteiger partial charge in [-0.25, -0.2) is 4.98 Å². The van der Waals surface area contributed by atoms with E-state index in [2.05, 4.69) is 24.1 Å². The van der Waals surface area contributed by atoms with Crippen LogP contribution in [0, 0.1) is 0 Å². The molecular weight excluding hydrogens is 278 g/mol. The van der Waals surface area contributed by atoms with Crippen molar-refractivity contribution >= 4 is 28.2 Å². The molecule has 0 spiro atoms. The van der Waals surface area contributed by atoms with Gasteiger partial charge in [-0.2, -0.15) is 11.8 Å². The van der Waals surface area contributed by atoms with Crippen molar-refractivity contribution in [3.05, 3.63) is 10.6 Å². The molecule has 1 saturated heterocycles. The predicted molar refractivity (Wildman–Crippen MR) is 84.3 cm³/mol. The van der Waals surface area contributed by atoms with Gasteiger partial charge in [0.15, 0.2) is 5.13 Å². The summed E-state index contributed by atoms with van der Waals surface area (Å²) in [4.78, 5) is 8.48. The van der Waals surface area contributed by atoms with Gasteiger partial charge in [-0.15, -0.1) is 11.3 Å². The molecule has 2 rings (SSSR count). The summed E-state index contributed by atoms with van der Waals surface area (Å²) in [7, 11) is 3.69. The van der Waals surface area contributed by atoms with Gasteiger partial charge in [-0.3, -0.25) is 0 Å². The van der Waals surface area contributed by atoms with Crippen LogP contribution >= 0.6 is 23.1 Å². The molecule has 1 N–H and O–H groups in total. The highest BCUT2D eigenvalue weighted by atomic mass is 32.2. The van der Waals surface area contributed by atoms with Crippen LogP contribution in [0.25, 0.3) is 0 Å². The van der Waals surface area contributed by atoms with Crippen molar-refractivity contribution in [2.24, 2.45) is 0 Å². The van der Waals surface area contributed by atoms with E-state index in [0.29, 0.717) is 11.4 Å². The summed E-state index contributed by atoms with van der Waals surface area (Å²) in [5.41, 5.74) is 1.08. The molecule has 19 heavy (non-hydrogen) atoms. The number of methoxy groups -OCH3 is 1. The number of rotatable bonds is 5. The second-order valence-corrected chi connectivity index (χ2v) is 8.22. The molecule has 0 amide bonds. The molecule has 0 aliphatic carbocycles. The molecule has 108 valence electrons. The molecule has 2 heterocycles. The van der Waals surface area contributed by atoms with Crippen LogP contribution in [0.5, 0.6) is 0 Å². The third-order valence-corrected chi connectivity index (χ3v) is 5.54. The number of anilines is 1. The topological polar surface area (TPSA) is 37.4 Å². The second kappa shape index (κ2) is 6.43. The minimum absolute atomic E-state index is 0.314. The molecule has 0 unspecified atom stereocenters. The summed E-state index contributed by atoms with van der Waals surface area (Å²) in [6.07, 6.45) is 0. The molecular formula is C13H23N3OS2. The molecule has 1 aromatic heterocycles. The van der Waals surface area contributed by atoms with Crippen molar-refractivity contribution in [2.45, 2.75) is 31.7 Å². The molecule has 1 aliphatic rings. The van der Waals surface area contributed by atoms with E-state index in [-0.39, 0.29) is 0 Å². The zero-order chi connectivity index (χ0) is 13.9. The lowest BCUT2D eigenvalue weighted by Gasteiger charge is -2.37. The van der Waals surface area contributed by atoms with Crippen LogP contribution in [-0.2, 0) is 17.9 Å². The van der Waals surface area contributed by atoms with Gasteiger partial charge in [-0.05, 0) is 20.9 Å². The lowest BCUT2D eigenvalue weighted by molar-refractivity contribution is 0.181. The molecule has 1 aliphatic heterocycles. The van der Waals surface area contributed by atoms with Gasteiger partial charge < -0.3 is 15.0 Å². The van der Waals surface area contributed by atoms with E-state index < -0.39 is 0 Å². The Morgan fingerprint density at radius 2 is 2.26 bits per heavy atom. The van der Waals surface area contributed by atoms with E-state index >= 15 is 0 Å². The number of thiazole rings is 1. The Labute approximate surface area is 123 Å². The van der Waals surface area contributed by atoms with Crippen molar-refractivity contribution < 1.29 is 4.74 Å². The summed E-state index contributed by atoms with van der Waals surface area (Å²) in [6, 6.07) is 0. The number of aromatic nitrogens is 1. The van der Waals surface area contributed by atoms with Crippen molar-refractivity contribution in [3.63, 3.8) is 0 Å². The van der Waals surface area contributed by atoms with Crippen LogP contribution in [0.15, 0.2) is 0 Å². The second-order valence-electron chi connectivity index (χ2n) is 5.36. The lowest BCUT2D eigenvalue weighted by Crippen LogP contribution is -2.43. The zero-order valence-electron chi connectivity index (χ0n) is 12.2. The maximum atomic E-state index is 5.25. The Balaban J connectivity index is 2.17. The molecule has 6 heteroatoms. The molecule has 1 fully saturated rings. The van der Waals surface area contributed by atoms with E-state index in [1.54, 1.807) is 18.4 Å². The van der Waals surface area contributed by atoms with Crippen LogP contribution in [0.2, 0.25) is 0 Å². The fraction of sp³-hybridized carbons (Fsp3) is 0.769. The van der Waals surface area contributed by atoms with E-state index in [1.807, 2.05) is 18.8 Å². The van der Waals surface area contributed by atoms with E-state index in [1.165, 1.54) is 10.6 Å². The minimum atomic E-state index is 0.314. The van der Waals surface area contributed by atoms with Gasteiger partial charge in [0.2, 0.25) is 0 Å². The van der Waals surface area contributed by atoms with E-state index in [4.69, 9.17) is 9.72 Å². The first-order valence-corrected chi connectivity index (χ1v) is 8.37. The summed E-state index contributed by atoms with van der Waals surface area (Å²) >= 11 is 3.84. The van der Waals surface area contributed by atoms with Gasteiger partial charge in [0.05, 0.1) is 12.3 Å². The highest BCUT2D eigenvalue weighted by Gasteiger charge is 2.29. The quantitative estimate of drug-likeness (QED) is 0.903. The predicted octanol–water partition coefficient (Wildman–Crippen LogP) is 2.34. The number of hydrogen-bond acceptors (Lipinski definition) is 6. The molecule has 0 radical (unpaired) electrons. The van der Waals surface area contributed by atoms with Gasteiger partial charge in [0, 0.05) is 42.1 Å². The number of hydrogen-bond donors (Lipinski definition) is 1. The van der Waals surface area contributed by atoms with Crippen molar-refractivity contribution in [3.8, 4) is 0 Å².